The van der Waals surface area contributed by atoms with Gasteiger partial charge in [-0.3, -0.25) is 0 Å². The Balaban J connectivity index is 2.03. The van der Waals surface area contributed by atoms with Crippen LogP contribution in [0.3, 0.4) is 0 Å². The van der Waals surface area contributed by atoms with E-state index in [2.05, 4.69) is 21.5 Å². The van der Waals surface area contributed by atoms with Crippen molar-refractivity contribution in [1.82, 2.24) is 14.5 Å². The Bertz CT molecular complexity index is 557. The zero-order valence-corrected chi connectivity index (χ0v) is 11.5. The highest BCUT2D eigenvalue weighted by Crippen LogP contribution is 2.50. The van der Waals surface area contributed by atoms with Crippen LogP contribution in [0.15, 0.2) is 18.3 Å². The molecule has 2 aromatic heterocycles. The molecule has 3 rings (SSSR count). The van der Waals surface area contributed by atoms with Gasteiger partial charge in [0, 0.05) is 25.0 Å². The van der Waals surface area contributed by atoms with Gasteiger partial charge in [0.25, 0.3) is 0 Å². The van der Waals surface area contributed by atoms with Crippen molar-refractivity contribution in [2.24, 2.45) is 5.41 Å². The highest BCUT2D eigenvalue weighted by molar-refractivity contribution is 6.17. The largest absolute Gasteiger partial charge is 0.312 e. The lowest BCUT2D eigenvalue weighted by atomic mass is 10.0. The number of hydrogen-bond donors (Lipinski definition) is 0. The number of aromatic nitrogens is 3. The number of rotatable bonds is 5. The molecule has 18 heavy (non-hydrogen) atoms. The van der Waals surface area contributed by atoms with Crippen molar-refractivity contribution in [3.05, 3.63) is 24.2 Å². The minimum absolute atomic E-state index is 0.492. The Morgan fingerprint density at radius 1 is 1.44 bits per heavy atom. The number of imidazole rings is 1. The lowest BCUT2D eigenvalue weighted by Gasteiger charge is -2.15. The van der Waals surface area contributed by atoms with E-state index >= 15 is 0 Å². The van der Waals surface area contributed by atoms with Crippen molar-refractivity contribution in [3.8, 4) is 0 Å². The first-order chi connectivity index (χ1) is 8.78. The molecule has 3 nitrogen and oxygen atoms in total. The van der Waals surface area contributed by atoms with Gasteiger partial charge in [0.15, 0.2) is 5.65 Å². The van der Waals surface area contributed by atoms with E-state index in [0.717, 1.165) is 30.0 Å². The smallest absolute Gasteiger partial charge is 0.160 e. The lowest BCUT2D eigenvalue weighted by Crippen LogP contribution is -2.14. The van der Waals surface area contributed by atoms with Gasteiger partial charge in [0.05, 0.1) is 0 Å². The van der Waals surface area contributed by atoms with E-state index in [0.29, 0.717) is 11.3 Å². The van der Waals surface area contributed by atoms with Gasteiger partial charge in [0.2, 0.25) is 0 Å². The Labute approximate surface area is 112 Å². The Morgan fingerprint density at radius 2 is 2.28 bits per heavy atom. The van der Waals surface area contributed by atoms with Crippen LogP contribution in [0, 0.1) is 5.41 Å². The third-order valence-electron chi connectivity index (χ3n) is 4.10. The molecule has 1 fully saturated rings. The molecule has 96 valence electrons. The summed E-state index contributed by atoms with van der Waals surface area (Å²) in [5.41, 5.74) is 2.49. The number of alkyl halides is 1. The Kier molecular flexibility index (Phi) is 3.02. The number of nitrogens with zero attached hydrogens (tertiary/aromatic N) is 3. The van der Waals surface area contributed by atoms with Gasteiger partial charge in [-0.1, -0.05) is 6.92 Å². The molecule has 1 saturated carbocycles. The molecule has 0 spiro atoms. The summed E-state index contributed by atoms with van der Waals surface area (Å²) >= 11 is 5.88. The molecule has 2 heterocycles. The molecule has 4 heteroatoms. The maximum atomic E-state index is 5.88. The summed E-state index contributed by atoms with van der Waals surface area (Å²) in [5.74, 6) is 1.70. The second-order valence-electron chi connectivity index (χ2n) is 5.25. The molecule has 1 aliphatic carbocycles. The average Bonchev–Trinajstić information content (AvgIpc) is 3.09. The quantitative estimate of drug-likeness (QED) is 0.774. The Morgan fingerprint density at radius 3 is 2.94 bits per heavy atom. The van der Waals surface area contributed by atoms with E-state index in [9.17, 15) is 0 Å². The van der Waals surface area contributed by atoms with Crippen molar-refractivity contribution in [2.45, 2.75) is 39.2 Å². The van der Waals surface area contributed by atoms with Crippen LogP contribution < -0.4 is 0 Å². The zero-order valence-electron chi connectivity index (χ0n) is 10.7. The topological polar surface area (TPSA) is 30.7 Å². The summed E-state index contributed by atoms with van der Waals surface area (Å²) in [4.78, 5) is 9.15. The third-order valence-corrected chi connectivity index (χ3v) is 4.29. The normalized spacial score (nSPS) is 17.2. The first-order valence-electron chi connectivity index (χ1n) is 6.64. The molecule has 0 saturated heterocycles. The fourth-order valence-corrected chi connectivity index (χ4v) is 2.75. The zero-order chi connectivity index (χ0) is 12.6. The standard InChI is InChI=1S/C14H18ClN3/c1-2-14(6-7-14)10-18-12(5-8-15)17-11-4-3-9-16-13(11)18/h3-4,9H,2,5-8,10H2,1H3. The highest BCUT2D eigenvalue weighted by Gasteiger charge is 2.41. The monoisotopic (exact) mass is 263 g/mol. The average molecular weight is 264 g/mol. The van der Waals surface area contributed by atoms with Crippen LogP contribution >= 0.6 is 11.6 Å². The van der Waals surface area contributed by atoms with Gasteiger partial charge in [-0.25, -0.2) is 9.97 Å². The maximum absolute atomic E-state index is 5.88. The second kappa shape index (κ2) is 4.54. The van der Waals surface area contributed by atoms with Crippen molar-refractivity contribution in [2.75, 3.05) is 5.88 Å². The van der Waals surface area contributed by atoms with Crippen molar-refractivity contribution in [3.63, 3.8) is 0 Å². The third kappa shape index (κ3) is 2.01. The van der Waals surface area contributed by atoms with Crippen LogP contribution in [0.25, 0.3) is 11.2 Å². The van der Waals surface area contributed by atoms with Crippen LogP contribution in [0.4, 0.5) is 0 Å². The summed E-state index contributed by atoms with van der Waals surface area (Å²) in [6, 6.07) is 3.97. The van der Waals surface area contributed by atoms with E-state index in [1.54, 1.807) is 0 Å². The number of pyridine rings is 1. The predicted molar refractivity (Wildman–Crippen MR) is 73.9 cm³/mol. The molecule has 0 bridgehead atoms. The fraction of sp³-hybridized carbons (Fsp3) is 0.571. The minimum Gasteiger partial charge on any atom is -0.312 e. The molecule has 0 aromatic carbocycles. The first kappa shape index (κ1) is 12.0. The van der Waals surface area contributed by atoms with Crippen molar-refractivity contribution in [1.29, 1.82) is 0 Å². The number of aryl methyl sites for hydroxylation is 1. The van der Waals surface area contributed by atoms with Crippen LogP contribution in [0.2, 0.25) is 0 Å². The predicted octanol–water partition coefficient (Wildman–Crippen LogP) is 3.40. The van der Waals surface area contributed by atoms with E-state index in [-0.39, 0.29) is 0 Å². The summed E-state index contributed by atoms with van der Waals surface area (Å²) in [7, 11) is 0. The molecule has 1 aliphatic rings. The Hall–Kier alpha value is -1.09. The minimum atomic E-state index is 0.492. The van der Waals surface area contributed by atoms with E-state index < -0.39 is 0 Å². The molecule has 0 unspecified atom stereocenters. The fourth-order valence-electron chi connectivity index (χ4n) is 2.58. The van der Waals surface area contributed by atoms with E-state index in [1.165, 1.54) is 19.3 Å². The molecule has 0 N–H and O–H groups in total. The molecule has 0 aliphatic heterocycles. The summed E-state index contributed by atoms with van der Waals surface area (Å²) in [6.45, 7) is 3.32. The van der Waals surface area contributed by atoms with Gasteiger partial charge in [0.1, 0.15) is 11.3 Å². The number of halogens is 1. The summed E-state index contributed by atoms with van der Waals surface area (Å²) < 4.78 is 2.29. The van der Waals surface area contributed by atoms with E-state index in [1.807, 2.05) is 18.3 Å². The van der Waals surface area contributed by atoms with Crippen LogP contribution in [-0.4, -0.2) is 20.4 Å². The molecular weight excluding hydrogens is 246 g/mol. The first-order valence-corrected chi connectivity index (χ1v) is 7.17. The molecule has 0 radical (unpaired) electrons. The van der Waals surface area contributed by atoms with Crippen LogP contribution in [0.1, 0.15) is 32.0 Å². The molecular formula is C14H18ClN3. The summed E-state index contributed by atoms with van der Waals surface area (Å²) in [5, 5.41) is 0. The van der Waals surface area contributed by atoms with Gasteiger partial charge < -0.3 is 4.57 Å². The van der Waals surface area contributed by atoms with Crippen LogP contribution in [-0.2, 0) is 13.0 Å². The number of fused-ring (bicyclic) bond motifs is 1. The second-order valence-corrected chi connectivity index (χ2v) is 5.63. The SMILES string of the molecule is CCC1(Cn2c(CCCl)nc3cccnc32)CC1. The van der Waals surface area contributed by atoms with E-state index in [4.69, 9.17) is 11.6 Å². The van der Waals surface area contributed by atoms with Gasteiger partial charge in [-0.2, -0.15) is 0 Å². The number of hydrogen-bond acceptors (Lipinski definition) is 2. The van der Waals surface area contributed by atoms with Crippen molar-refractivity contribution < 1.29 is 0 Å². The molecule has 2 aromatic rings. The maximum Gasteiger partial charge on any atom is 0.160 e. The van der Waals surface area contributed by atoms with Crippen LogP contribution in [0.5, 0.6) is 0 Å². The van der Waals surface area contributed by atoms with Crippen molar-refractivity contribution >= 4 is 22.8 Å². The summed E-state index contributed by atoms with van der Waals surface area (Å²) in [6.07, 6.45) is 6.56. The van der Waals surface area contributed by atoms with Gasteiger partial charge >= 0.3 is 0 Å². The highest BCUT2D eigenvalue weighted by atomic mass is 35.5. The van der Waals surface area contributed by atoms with Gasteiger partial charge in [-0.15, -0.1) is 11.6 Å². The molecule has 0 atom stereocenters. The molecule has 0 amide bonds. The lowest BCUT2D eigenvalue weighted by molar-refractivity contribution is 0.407. The van der Waals surface area contributed by atoms with Gasteiger partial charge in [-0.05, 0) is 36.8 Å².